The third-order valence-corrected chi connectivity index (χ3v) is 8.05. The molecular weight excluding hydrogens is 472 g/mol. The van der Waals surface area contributed by atoms with Gasteiger partial charge in [-0.2, -0.15) is 4.98 Å². The first-order valence-corrected chi connectivity index (χ1v) is 13.0. The molecule has 0 aliphatic carbocycles. The molecule has 7 nitrogen and oxygen atoms in total. The van der Waals surface area contributed by atoms with Gasteiger partial charge in [0.2, 0.25) is 5.95 Å². The highest BCUT2D eigenvalue weighted by Gasteiger charge is 2.44. The summed E-state index contributed by atoms with van der Waals surface area (Å²) in [5, 5.41) is 4.42. The van der Waals surface area contributed by atoms with E-state index >= 15 is 0 Å². The van der Waals surface area contributed by atoms with Gasteiger partial charge in [0.15, 0.2) is 0 Å². The Labute approximate surface area is 217 Å². The van der Waals surface area contributed by atoms with E-state index in [-0.39, 0.29) is 18.0 Å². The largest absolute Gasteiger partial charge is 0.359 e. The van der Waals surface area contributed by atoms with Crippen molar-refractivity contribution in [2.45, 2.75) is 51.0 Å². The molecule has 4 heterocycles. The van der Waals surface area contributed by atoms with Gasteiger partial charge in [0, 0.05) is 41.8 Å². The molecular formula is C28H31ClN6O. The van der Waals surface area contributed by atoms with Crippen LogP contribution in [0.4, 0.5) is 11.8 Å². The molecule has 2 fully saturated rings. The van der Waals surface area contributed by atoms with Crippen LogP contribution in [0.2, 0.25) is 5.02 Å². The highest BCUT2D eigenvalue weighted by Crippen LogP contribution is 2.37. The van der Waals surface area contributed by atoms with Crippen LogP contribution in [0, 0.1) is 0 Å². The minimum atomic E-state index is -0.153. The maximum absolute atomic E-state index is 13.4. The molecule has 3 atom stereocenters. The number of benzene rings is 2. The number of likely N-dealkylation sites (tertiary alicyclic amines) is 1. The van der Waals surface area contributed by atoms with Crippen LogP contribution in [0.25, 0.3) is 0 Å². The zero-order valence-corrected chi connectivity index (χ0v) is 21.6. The van der Waals surface area contributed by atoms with E-state index in [1.54, 1.807) is 0 Å². The van der Waals surface area contributed by atoms with Crippen molar-refractivity contribution in [1.29, 1.82) is 0 Å². The molecule has 0 spiro atoms. The molecule has 2 bridgehead atoms. The molecule has 6 rings (SSSR count). The number of hydrogen-bond donors (Lipinski definition) is 1. The molecule has 8 heteroatoms. The monoisotopic (exact) mass is 502 g/mol. The number of amides is 1. The number of carbonyl (C=O) groups is 1. The van der Waals surface area contributed by atoms with Gasteiger partial charge in [-0.3, -0.25) is 9.69 Å². The smallest absolute Gasteiger partial charge is 0.273 e. The van der Waals surface area contributed by atoms with E-state index < -0.39 is 0 Å². The standard InChI is InChI=1S/C28H31ClN6O/c1-17(2)34-16-23-25(27(34)36)31-28(35-15-21-13-22(35)14-33(21)3)32-26(23)30-24(18-7-5-4-6-8-18)19-9-11-20(29)12-10-19/h4-12,17,21-22,24H,13-16H2,1-3H3,(H,30,31,32). The number of fused-ring (bicyclic) bond motifs is 3. The second-order valence-corrected chi connectivity index (χ2v) is 10.8. The average Bonchev–Trinajstić information content (AvgIpc) is 3.56. The van der Waals surface area contributed by atoms with Crippen molar-refractivity contribution in [3.05, 3.63) is 82.0 Å². The number of halogens is 1. The van der Waals surface area contributed by atoms with Gasteiger partial charge in [0.05, 0.1) is 12.6 Å². The molecule has 1 aromatic heterocycles. The first-order valence-electron chi connectivity index (χ1n) is 12.6. The number of rotatable bonds is 6. The number of anilines is 2. The lowest BCUT2D eigenvalue weighted by Gasteiger charge is -2.32. The molecule has 3 unspecified atom stereocenters. The van der Waals surface area contributed by atoms with Crippen LogP contribution < -0.4 is 10.2 Å². The second kappa shape index (κ2) is 9.05. The Hall–Kier alpha value is -3.16. The maximum Gasteiger partial charge on any atom is 0.273 e. The highest BCUT2D eigenvalue weighted by atomic mass is 35.5. The van der Waals surface area contributed by atoms with Crippen molar-refractivity contribution in [2.75, 3.05) is 30.4 Å². The summed E-state index contributed by atoms with van der Waals surface area (Å²) in [6.45, 7) is 6.48. The van der Waals surface area contributed by atoms with Gasteiger partial charge in [-0.1, -0.05) is 54.1 Å². The van der Waals surface area contributed by atoms with Gasteiger partial charge < -0.3 is 15.1 Å². The van der Waals surface area contributed by atoms with E-state index in [0.717, 1.165) is 42.0 Å². The number of nitrogens with zero attached hydrogens (tertiary/aromatic N) is 5. The van der Waals surface area contributed by atoms with E-state index in [2.05, 4.69) is 34.3 Å². The van der Waals surface area contributed by atoms with Gasteiger partial charge in [0.25, 0.3) is 5.91 Å². The van der Waals surface area contributed by atoms with Gasteiger partial charge >= 0.3 is 0 Å². The van der Waals surface area contributed by atoms with Crippen molar-refractivity contribution in [3.63, 3.8) is 0 Å². The number of hydrogen-bond acceptors (Lipinski definition) is 6. The number of aromatic nitrogens is 2. The summed E-state index contributed by atoms with van der Waals surface area (Å²) < 4.78 is 0. The summed E-state index contributed by atoms with van der Waals surface area (Å²) in [5.74, 6) is 1.36. The fourth-order valence-corrected chi connectivity index (χ4v) is 5.88. The van der Waals surface area contributed by atoms with Crippen molar-refractivity contribution >= 4 is 29.3 Å². The van der Waals surface area contributed by atoms with Crippen molar-refractivity contribution in [1.82, 2.24) is 19.8 Å². The first-order chi connectivity index (χ1) is 17.4. The molecule has 3 aromatic rings. The summed E-state index contributed by atoms with van der Waals surface area (Å²) in [4.78, 5) is 29.9. The van der Waals surface area contributed by atoms with Gasteiger partial charge in [-0.25, -0.2) is 4.98 Å². The van der Waals surface area contributed by atoms with Crippen molar-refractivity contribution in [3.8, 4) is 0 Å². The van der Waals surface area contributed by atoms with Crippen LogP contribution in [-0.4, -0.2) is 63.9 Å². The molecule has 186 valence electrons. The topological polar surface area (TPSA) is 64.6 Å². The van der Waals surface area contributed by atoms with Crippen molar-refractivity contribution in [2.24, 2.45) is 0 Å². The second-order valence-electron chi connectivity index (χ2n) is 10.4. The summed E-state index contributed by atoms with van der Waals surface area (Å²) in [5.41, 5.74) is 3.58. The summed E-state index contributed by atoms with van der Waals surface area (Å²) in [7, 11) is 2.18. The van der Waals surface area contributed by atoms with E-state index in [9.17, 15) is 4.79 Å². The normalized spacial score (nSPS) is 22.0. The number of piperazine rings is 1. The lowest BCUT2D eigenvalue weighted by molar-refractivity contribution is 0.0726. The quantitative estimate of drug-likeness (QED) is 0.532. The first kappa shape index (κ1) is 23.3. The Morgan fingerprint density at radius 2 is 1.69 bits per heavy atom. The predicted octanol–water partition coefficient (Wildman–Crippen LogP) is 4.59. The lowest BCUT2D eigenvalue weighted by atomic mass is 9.98. The Kier molecular flexibility index (Phi) is 5.85. The summed E-state index contributed by atoms with van der Waals surface area (Å²) in [6, 6.07) is 19.0. The van der Waals surface area contributed by atoms with Gasteiger partial charge in [-0.15, -0.1) is 0 Å². The molecule has 2 aromatic carbocycles. The zero-order chi connectivity index (χ0) is 25.0. The Morgan fingerprint density at radius 3 is 2.33 bits per heavy atom. The van der Waals surface area contributed by atoms with Crippen LogP contribution in [-0.2, 0) is 6.54 Å². The predicted molar refractivity (Wildman–Crippen MR) is 143 cm³/mol. The molecule has 3 aliphatic rings. The zero-order valence-electron chi connectivity index (χ0n) is 20.9. The molecule has 1 amide bonds. The Balaban J connectivity index is 1.44. The van der Waals surface area contributed by atoms with Crippen LogP contribution >= 0.6 is 11.6 Å². The molecule has 36 heavy (non-hydrogen) atoms. The van der Waals surface area contributed by atoms with Crippen molar-refractivity contribution < 1.29 is 4.79 Å². The summed E-state index contributed by atoms with van der Waals surface area (Å²) >= 11 is 6.20. The molecule has 2 saturated heterocycles. The Bertz CT molecular complexity index is 1280. The fourth-order valence-electron chi connectivity index (χ4n) is 5.75. The van der Waals surface area contributed by atoms with Gasteiger partial charge in [0.1, 0.15) is 11.5 Å². The minimum Gasteiger partial charge on any atom is -0.359 e. The van der Waals surface area contributed by atoms with Crippen LogP contribution in [0.3, 0.4) is 0 Å². The van der Waals surface area contributed by atoms with Crippen LogP contribution in [0.5, 0.6) is 0 Å². The molecule has 3 aliphatic heterocycles. The van der Waals surface area contributed by atoms with E-state index in [1.165, 1.54) is 0 Å². The van der Waals surface area contributed by atoms with E-state index in [0.29, 0.717) is 35.3 Å². The van der Waals surface area contributed by atoms with E-state index in [1.807, 2.05) is 61.2 Å². The molecule has 0 saturated carbocycles. The number of carbonyl (C=O) groups excluding carboxylic acids is 1. The third kappa shape index (κ3) is 4.00. The average molecular weight is 503 g/mol. The van der Waals surface area contributed by atoms with Crippen LogP contribution in [0.15, 0.2) is 54.6 Å². The van der Waals surface area contributed by atoms with Gasteiger partial charge in [-0.05, 0) is 50.6 Å². The molecule has 1 N–H and O–H groups in total. The fraction of sp³-hybridized carbons (Fsp3) is 0.393. The number of nitrogens with one attached hydrogen (secondary N) is 1. The SMILES string of the molecule is CC(C)N1Cc2c(NC(c3ccccc3)c3ccc(Cl)cc3)nc(N3CC4CC3CN4C)nc2C1=O. The maximum atomic E-state index is 13.4. The number of likely N-dealkylation sites (N-methyl/N-ethyl adjacent to an activating group) is 1. The third-order valence-electron chi connectivity index (χ3n) is 7.80. The van der Waals surface area contributed by atoms with Crippen LogP contribution in [0.1, 0.15) is 53.5 Å². The lowest BCUT2D eigenvalue weighted by Crippen LogP contribution is -2.45. The highest BCUT2D eigenvalue weighted by molar-refractivity contribution is 6.30. The molecule has 0 radical (unpaired) electrons. The summed E-state index contributed by atoms with van der Waals surface area (Å²) in [6.07, 6.45) is 1.11. The Morgan fingerprint density at radius 1 is 0.972 bits per heavy atom. The minimum absolute atomic E-state index is 0.0177. The van der Waals surface area contributed by atoms with E-state index in [4.69, 9.17) is 21.6 Å².